The lowest BCUT2D eigenvalue weighted by Gasteiger charge is -2.35. The fourth-order valence-corrected chi connectivity index (χ4v) is 7.44. The maximum absolute atomic E-state index is 13.1. The monoisotopic (exact) mass is 625 g/mol. The molecule has 1 atom stereocenters. The molecule has 35 heavy (non-hydrogen) atoms. The van der Waals surface area contributed by atoms with E-state index in [9.17, 15) is 4.79 Å². The Bertz CT molecular complexity index is 1050. The van der Waals surface area contributed by atoms with Crippen LogP contribution in [0.15, 0.2) is 38.1 Å². The molecular weight excluding hydrogens is 594 g/mol. The van der Waals surface area contributed by atoms with Crippen LogP contribution >= 0.6 is 43.6 Å². The first kappa shape index (κ1) is 26.6. The minimum atomic E-state index is 0.211. The van der Waals surface area contributed by atoms with E-state index in [1.54, 1.807) is 14.2 Å². The third kappa shape index (κ3) is 6.67. The standard InChI is InChI=1S/C26H33Br2N3O3S/c1-33-23-10-18-5-7-31(25(32)12-19(18)11-24(23)34-2)16-17-4-3-6-30(15-17)8-9-35-20-13-21(27)26(29)22(28)14-20/h10-11,13-14,17H,3-9,12,15-16,29H2,1-2H3. The molecule has 2 aromatic carbocycles. The van der Waals surface area contributed by atoms with E-state index in [4.69, 9.17) is 15.2 Å². The number of hydrogen-bond acceptors (Lipinski definition) is 6. The van der Waals surface area contributed by atoms with Gasteiger partial charge in [0.1, 0.15) is 0 Å². The van der Waals surface area contributed by atoms with Crippen molar-refractivity contribution in [3.05, 3.63) is 44.3 Å². The van der Waals surface area contributed by atoms with Gasteiger partial charge in [0.15, 0.2) is 11.5 Å². The Balaban J connectivity index is 1.30. The number of halogens is 2. The highest BCUT2D eigenvalue weighted by atomic mass is 79.9. The van der Waals surface area contributed by atoms with Crippen LogP contribution in [-0.4, -0.2) is 68.4 Å². The highest BCUT2D eigenvalue weighted by Gasteiger charge is 2.27. The van der Waals surface area contributed by atoms with Crippen molar-refractivity contribution in [2.45, 2.75) is 30.6 Å². The molecule has 0 aliphatic carbocycles. The zero-order chi connectivity index (χ0) is 24.9. The molecule has 2 aliphatic rings. The van der Waals surface area contributed by atoms with E-state index in [1.807, 2.05) is 23.9 Å². The molecule has 0 bridgehead atoms. The average Bonchev–Trinajstić information content (AvgIpc) is 2.99. The summed E-state index contributed by atoms with van der Waals surface area (Å²) in [6, 6.07) is 8.16. The molecule has 2 aliphatic heterocycles. The molecule has 2 aromatic rings. The summed E-state index contributed by atoms with van der Waals surface area (Å²) in [7, 11) is 3.29. The van der Waals surface area contributed by atoms with Gasteiger partial charge in [-0.25, -0.2) is 0 Å². The number of rotatable bonds is 8. The summed E-state index contributed by atoms with van der Waals surface area (Å²) in [5, 5.41) is 0. The number of ether oxygens (including phenoxy) is 2. The molecule has 4 rings (SSSR count). The van der Waals surface area contributed by atoms with Crippen LogP contribution in [-0.2, 0) is 17.6 Å². The number of hydrogen-bond donors (Lipinski definition) is 1. The second-order valence-electron chi connectivity index (χ2n) is 9.20. The van der Waals surface area contributed by atoms with Crippen molar-refractivity contribution < 1.29 is 14.3 Å². The Hall–Kier alpha value is -1.42. The van der Waals surface area contributed by atoms with E-state index in [1.165, 1.54) is 23.3 Å². The summed E-state index contributed by atoms with van der Waals surface area (Å²) in [5.74, 6) is 3.17. The summed E-state index contributed by atoms with van der Waals surface area (Å²) in [5.41, 5.74) is 8.98. The van der Waals surface area contributed by atoms with Gasteiger partial charge in [-0.2, -0.15) is 0 Å². The van der Waals surface area contributed by atoms with Gasteiger partial charge in [-0.15, -0.1) is 11.8 Å². The Morgan fingerprint density at radius 1 is 1.06 bits per heavy atom. The molecule has 2 heterocycles. The van der Waals surface area contributed by atoms with Crippen LogP contribution < -0.4 is 15.2 Å². The number of benzene rings is 2. The number of nitrogens with zero attached hydrogens (tertiary/aromatic N) is 2. The molecule has 0 saturated carbocycles. The summed E-state index contributed by atoms with van der Waals surface area (Å²) in [4.78, 5) is 18.9. The highest BCUT2D eigenvalue weighted by molar-refractivity contribution is 9.11. The fraction of sp³-hybridized carbons (Fsp3) is 0.500. The van der Waals surface area contributed by atoms with E-state index in [-0.39, 0.29) is 5.91 Å². The molecule has 6 nitrogen and oxygen atoms in total. The van der Waals surface area contributed by atoms with E-state index in [0.29, 0.717) is 18.1 Å². The number of piperidine rings is 1. The maximum atomic E-state index is 13.1. The second-order valence-corrected chi connectivity index (χ2v) is 12.1. The molecule has 0 aromatic heterocycles. The predicted molar refractivity (Wildman–Crippen MR) is 150 cm³/mol. The third-order valence-corrected chi connectivity index (χ3v) is 9.13. The quantitative estimate of drug-likeness (QED) is 0.319. The van der Waals surface area contributed by atoms with Crippen LogP contribution in [0.2, 0.25) is 0 Å². The minimum Gasteiger partial charge on any atom is -0.493 e. The second kappa shape index (κ2) is 12.2. The van der Waals surface area contributed by atoms with Crippen molar-refractivity contribution in [2.24, 2.45) is 5.92 Å². The number of carbonyl (C=O) groups excluding carboxylic acids is 1. The van der Waals surface area contributed by atoms with E-state index in [0.717, 1.165) is 70.8 Å². The third-order valence-electron chi connectivity index (χ3n) is 6.86. The van der Waals surface area contributed by atoms with E-state index in [2.05, 4.69) is 53.8 Å². The highest BCUT2D eigenvalue weighted by Crippen LogP contribution is 2.34. The molecule has 9 heteroatoms. The first-order valence-electron chi connectivity index (χ1n) is 12.0. The topological polar surface area (TPSA) is 68.0 Å². The van der Waals surface area contributed by atoms with Crippen LogP contribution in [0.1, 0.15) is 24.0 Å². The normalized spacial score (nSPS) is 18.8. The first-order chi connectivity index (χ1) is 16.9. The number of carbonyl (C=O) groups is 1. The molecule has 0 spiro atoms. The summed E-state index contributed by atoms with van der Waals surface area (Å²) in [6.45, 7) is 4.82. The lowest BCUT2D eigenvalue weighted by Crippen LogP contribution is -2.44. The van der Waals surface area contributed by atoms with Crippen LogP contribution in [0.3, 0.4) is 0 Å². The number of nitrogen functional groups attached to an aromatic ring is 1. The predicted octanol–water partition coefficient (Wildman–Crippen LogP) is 5.24. The number of anilines is 1. The van der Waals surface area contributed by atoms with Crippen LogP contribution in [0.25, 0.3) is 0 Å². The summed E-state index contributed by atoms with van der Waals surface area (Å²) < 4.78 is 12.8. The zero-order valence-corrected chi connectivity index (χ0v) is 24.3. The molecule has 1 saturated heterocycles. The Labute approximate surface area is 229 Å². The van der Waals surface area contributed by atoms with Crippen molar-refractivity contribution >= 4 is 55.2 Å². The lowest BCUT2D eigenvalue weighted by atomic mass is 9.97. The molecule has 1 fully saturated rings. The minimum absolute atomic E-state index is 0.211. The first-order valence-corrected chi connectivity index (χ1v) is 14.6. The molecule has 1 amide bonds. The number of fused-ring (bicyclic) bond motifs is 1. The molecule has 0 radical (unpaired) electrons. The Kier molecular flexibility index (Phi) is 9.29. The smallest absolute Gasteiger partial charge is 0.227 e. The molecular formula is C26H33Br2N3O3S. The van der Waals surface area contributed by atoms with Gasteiger partial charge in [0.2, 0.25) is 5.91 Å². The van der Waals surface area contributed by atoms with Crippen molar-refractivity contribution in [3.8, 4) is 11.5 Å². The van der Waals surface area contributed by atoms with Crippen LogP contribution in [0, 0.1) is 5.92 Å². The molecule has 2 N–H and O–H groups in total. The van der Waals surface area contributed by atoms with E-state index < -0.39 is 0 Å². The van der Waals surface area contributed by atoms with Gasteiger partial charge < -0.3 is 25.0 Å². The summed E-state index contributed by atoms with van der Waals surface area (Å²) in [6.07, 6.45) is 3.64. The van der Waals surface area contributed by atoms with Gasteiger partial charge in [0.25, 0.3) is 0 Å². The van der Waals surface area contributed by atoms with Gasteiger partial charge in [0, 0.05) is 45.8 Å². The van der Waals surface area contributed by atoms with E-state index >= 15 is 0 Å². The Morgan fingerprint density at radius 2 is 1.74 bits per heavy atom. The zero-order valence-electron chi connectivity index (χ0n) is 20.3. The maximum Gasteiger partial charge on any atom is 0.227 e. The fourth-order valence-electron chi connectivity index (χ4n) is 4.96. The number of methoxy groups -OCH3 is 2. The van der Waals surface area contributed by atoms with Crippen molar-refractivity contribution in [1.29, 1.82) is 0 Å². The van der Waals surface area contributed by atoms with Crippen molar-refractivity contribution in [3.63, 3.8) is 0 Å². The van der Waals surface area contributed by atoms with Gasteiger partial charge in [-0.3, -0.25) is 4.79 Å². The van der Waals surface area contributed by atoms with Crippen LogP contribution in [0.4, 0.5) is 5.69 Å². The van der Waals surface area contributed by atoms with Crippen molar-refractivity contribution in [1.82, 2.24) is 9.80 Å². The number of likely N-dealkylation sites (tertiary alicyclic amines) is 1. The molecule has 190 valence electrons. The largest absolute Gasteiger partial charge is 0.493 e. The Morgan fingerprint density at radius 3 is 2.43 bits per heavy atom. The molecule has 1 unspecified atom stereocenters. The number of amides is 1. The average molecular weight is 627 g/mol. The number of nitrogens with two attached hydrogens (primary N) is 1. The van der Waals surface area contributed by atoms with Gasteiger partial charge in [-0.05, 0) is 99.0 Å². The van der Waals surface area contributed by atoms with Crippen molar-refractivity contribution in [2.75, 3.05) is 58.4 Å². The van der Waals surface area contributed by atoms with Gasteiger partial charge in [-0.1, -0.05) is 0 Å². The lowest BCUT2D eigenvalue weighted by molar-refractivity contribution is -0.131. The van der Waals surface area contributed by atoms with Gasteiger partial charge in [0.05, 0.1) is 26.3 Å². The summed E-state index contributed by atoms with van der Waals surface area (Å²) >= 11 is 8.91. The number of thioether (sulfide) groups is 1. The van der Waals surface area contributed by atoms with Crippen LogP contribution in [0.5, 0.6) is 11.5 Å². The van der Waals surface area contributed by atoms with Gasteiger partial charge >= 0.3 is 0 Å². The SMILES string of the molecule is COc1cc2c(cc1OC)CC(=O)N(CC1CCCN(CCSc3cc(Br)c(N)c(Br)c3)C1)CC2.